The van der Waals surface area contributed by atoms with Gasteiger partial charge in [0.2, 0.25) is 0 Å². The number of phenols is 1. The minimum Gasteiger partial charge on any atom is -0.508 e. The van der Waals surface area contributed by atoms with E-state index in [4.69, 9.17) is 5.73 Å². The zero-order chi connectivity index (χ0) is 10.8. The number of nitrogens with zero attached hydrogens (tertiary/aromatic N) is 1. The third-order valence-electron chi connectivity index (χ3n) is 3.30. The van der Waals surface area contributed by atoms with Gasteiger partial charge in [0.05, 0.1) is 0 Å². The van der Waals surface area contributed by atoms with Crippen molar-refractivity contribution in [3.8, 4) is 5.75 Å². The number of hydrogen-bond donors (Lipinski definition) is 2. The summed E-state index contributed by atoms with van der Waals surface area (Å²) in [5.41, 5.74) is 7.04. The van der Waals surface area contributed by atoms with Gasteiger partial charge in [-0.15, -0.1) is 0 Å². The molecule has 0 aliphatic carbocycles. The number of nitrogens with two attached hydrogens (primary N) is 1. The van der Waals surface area contributed by atoms with Crippen molar-refractivity contribution in [2.75, 3.05) is 13.6 Å². The first-order chi connectivity index (χ1) is 7.18. The minimum absolute atomic E-state index is 0.231. The van der Waals surface area contributed by atoms with Crippen molar-refractivity contribution in [1.29, 1.82) is 0 Å². The Bertz CT molecular complexity index is 330. The second-order valence-corrected chi connectivity index (χ2v) is 4.33. The number of aromatic hydroxyl groups is 1. The molecule has 1 heterocycles. The van der Waals surface area contributed by atoms with Gasteiger partial charge >= 0.3 is 0 Å². The molecule has 0 bridgehead atoms. The average molecular weight is 206 g/mol. The van der Waals surface area contributed by atoms with E-state index in [1.807, 2.05) is 18.2 Å². The van der Waals surface area contributed by atoms with Crippen LogP contribution in [0.2, 0.25) is 0 Å². The standard InChI is InChI=1S/C12H18N2O/c1-14-7-6-10(13)11(14)8-9-4-2-3-5-12(9)15/h2-5,10-11,15H,6-8,13H2,1H3. The zero-order valence-electron chi connectivity index (χ0n) is 9.06. The van der Waals surface area contributed by atoms with Gasteiger partial charge in [0.15, 0.2) is 0 Å². The monoisotopic (exact) mass is 206 g/mol. The van der Waals surface area contributed by atoms with Crippen molar-refractivity contribution >= 4 is 0 Å². The van der Waals surface area contributed by atoms with Crippen molar-refractivity contribution in [2.24, 2.45) is 5.73 Å². The Kier molecular flexibility index (Phi) is 2.93. The van der Waals surface area contributed by atoms with Crippen LogP contribution in [0.25, 0.3) is 0 Å². The van der Waals surface area contributed by atoms with Crippen molar-refractivity contribution in [2.45, 2.75) is 24.9 Å². The molecule has 1 saturated heterocycles. The van der Waals surface area contributed by atoms with Gasteiger partial charge in [-0.1, -0.05) is 18.2 Å². The molecule has 2 unspecified atom stereocenters. The fourth-order valence-corrected chi connectivity index (χ4v) is 2.25. The Balaban J connectivity index is 2.11. The van der Waals surface area contributed by atoms with Gasteiger partial charge in [-0.3, -0.25) is 0 Å². The molecule has 3 heteroatoms. The molecule has 0 spiro atoms. The Morgan fingerprint density at radius 2 is 2.20 bits per heavy atom. The number of likely N-dealkylation sites (N-methyl/N-ethyl adjacent to an activating group) is 1. The van der Waals surface area contributed by atoms with Gasteiger partial charge in [0, 0.05) is 12.1 Å². The van der Waals surface area contributed by atoms with E-state index >= 15 is 0 Å². The van der Waals surface area contributed by atoms with E-state index in [0.29, 0.717) is 11.8 Å². The molecule has 1 aliphatic heterocycles. The van der Waals surface area contributed by atoms with Gasteiger partial charge in [-0.2, -0.15) is 0 Å². The second-order valence-electron chi connectivity index (χ2n) is 4.33. The summed E-state index contributed by atoms with van der Waals surface area (Å²) in [6.45, 7) is 1.05. The third-order valence-corrected chi connectivity index (χ3v) is 3.30. The van der Waals surface area contributed by atoms with Crippen molar-refractivity contribution < 1.29 is 5.11 Å². The summed E-state index contributed by atoms with van der Waals surface area (Å²) < 4.78 is 0. The summed E-state index contributed by atoms with van der Waals surface area (Å²) in [6.07, 6.45) is 1.89. The molecule has 0 radical (unpaired) electrons. The topological polar surface area (TPSA) is 49.5 Å². The van der Waals surface area contributed by atoms with Crippen LogP contribution in [0, 0.1) is 0 Å². The lowest BCUT2D eigenvalue weighted by Gasteiger charge is -2.23. The number of rotatable bonds is 2. The lowest BCUT2D eigenvalue weighted by molar-refractivity contribution is 0.294. The van der Waals surface area contributed by atoms with Crippen molar-refractivity contribution in [3.05, 3.63) is 29.8 Å². The van der Waals surface area contributed by atoms with E-state index in [1.165, 1.54) is 0 Å². The fraction of sp³-hybridized carbons (Fsp3) is 0.500. The fourth-order valence-electron chi connectivity index (χ4n) is 2.25. The molecule has 1 fully saturated rings. The first-order valence-electron chi connectivity index (χ1n) is 5.41. The molecule has 1 aromatic carbocycles. The Morgan fingerprint density at radius 1 is 1.47 bits per heavy atom. The summed E-state index contributed by atoms with van der Waals surface area (Å²) in [4.78, 5) is 2.27. The lowest BCUT2D eigenvalue weighted by Crippen LogP contribution is -2.39. The van der Waals surface area contributed by atoms with Crippen LogP contribution in [0.3, 0.4) is 0 Å². The maximum Gasteiger partial charge on any atom is 0.118 e. The van der Waals surface area contributed by atoms with Crippen LogP contribution in [0.4, 0.5) is 0 Å². The van der Waals surface area contributed by atoms with E-state index in [1.54, 1.807) is 6.07 Å². The van der Waals surface area contributed by atoms with Crippen molar-refractivity contribution in [1.82, 2.24) is 4.90 Å². The largest absolute Gasteiger partial charge is 0.508 e. The molecule has 3 nitrogen and oxygen atoms in total. The first-order valence-corrected chi connectivity index (χ1v) is 5.41. The second kappa shape index (κ2) is 4.21. The van der Waals surface area contributed by atoms with Gasteiger partial charge in [-0.05, 0) is 38.1 Å². The van der Waals surface area contributed by atoms with Crippen LogP contribution in [0.5, 0.6) is 5.75 Å². The van der Waals surface area contributed by atoms with E-state index in [2.05, 4.69) is 11.9 Å². The molecular formula is C12H18N2O. The summed E-state index contributed by atoms with van der Waals surface area (Å²) in [7, 11) is 2.09. The summed E-state index contributed by atoms with van der Waals surface area (Å²) in [5.74, 6) is 0.380. The summed E-state index contributed by atoms with van der Waals surface area (Å²) >= 11 is 0. The van der Waals surface area contributed by atoms with Gasteiger partial charge in [0.1, 0.15) is 5.75 Å². The molecule has 2 atom stereocenters. The molecule has 0 amide bonds. The molecule has 82 valence electrons. The Morgan fingerprint density at radius 3 is 2.80 bits per heavy atom. The molecule has 0 aromatic heterocycles. The van der Waals surface area contributed by atoms with Crippen molar-refractivity contribution in [3.63, 3.8) is 0 Å². The molecule has 1 aliphatic rings. The number of para-hydroxylation sites is 1. The first kappa shape index (κ1) is 10.5. The molecule has 3 N–H and O–H groups in total. The molecule has 1 aromatic rings. The van der Waals surface area contributed by atoms with Gasteiger partial charge < -0.3 is 15.7 Å². The van der Waals surface area contributed by atoms with Gasteiger partial charge in [0.25, 0.3) is 0 Å². The van der Waals surface area contributed by atoms with Crippen LogP contribution < -0.4 is 5.73 Å². The maximum atomic E-state index is 9.68. The highest BCUT2D eigenvalue weighted by Crippen LogP contribution is 2.23. The minimum atomic E-state index is 0.231. The van der Waals surface area contributed by atoms with E-state index in [-0.39, 0.29) is 6.04 Å². The number of likely N-dealkylation sites (tertiary alicyclic amines) is 1. The molecular weight excluding hydrogens is 188 g/mol. The third kappa shape index (κ3) is 2.13. The maximum absolute atomic E-state index is 9.68. The number of phenolic OH excluding ortho intramolecular Hbond substituents is 1. The molecule has 15 heavy (non-hydrogen) atoms. The van der Waals surface area contributed by atoms with E-state index in [0.717, 1.165) is 24.9 Å². The number of hydrogen-bond acceptors (Lipinski definition) is 3. The van der Waals surface area contributed by atoms with Gasteiger partial charge in [-0.25, -0.2) is 0 Å². The lowest BCUT2D eigenvalue weighted by atomic mass is 10.0. The predicted molar refractivity (Wildman–Crippen MR) is 60.8 cm³/mol. The predicted octanol–water partition coefficient (Wildman–Crippen LogP) is 0.966. The molecule has 0 saturated carbocycles. The van der Waals surface area contributed by atoms with Crippen LogP contribution in [-0.2, 0) is 6.42 Å². The highest BCUT2D eigenvalue weighted by molar-refractivity contribution is 5.32. The SMILES string of the molecule is CN1CCC(N)C1Cc1ccccc1O. The van der Waals surface area contributed by atoms with Crippen LogP contribution >= 0.6 is 0 Å². The normalized spacial score (nSPS) is 27.1. The van der Waals surface area contributed by atoms with E-state index in [9.17, 15) is 5.11 Å². The quantitative estimate of drug-likeness (QED) is 0.758. The van der Waals surface area contributed by atoms with Crippen LogP contribution in [-0.4, -0.2) is 35.7 Å². The highest BCUT2D eigenvalue weighted by Gasteiger charge is 2.29. The van der Waals surface area contributed by atoms with Crippen LogP contribution in [0.1, 0.15) is 12.0 Å². The molecule has 2 rings (SSSR count). The summed E-state index contributed by atoms with van der Waals surface area (Å²) in [5, 5.41) is 9.68. The Hall–Kier alpha value is -1.06. The average Bonchev–Trinajstić information content (AvgIpc) is 2.53. The Labute approximate surface area is 90.5 Å². The van der Waals surface area contributed by atoms with E-state index < -0.39 is 0 Å². The highest BCUT2D eigenvalue weighted by atomic mass is 16.3. The van der Waals surface area contributed by atoms with Crippen LogP contribution in [0.15, 0.2) is 24.3 Å². The smallest absolute Gasteiger partial charge is 0.118 e. The number of benzene rings is 1. The zero-order valence-corrected chi connectivity index (χ0v) is 9.06. The summed E-state index contributed by atoms with van der Waals surface area (Å²) in [6, 6.07) is 8.09.